The second-order valence-corrected chi connectivity index (χ2v) is 3.22. The fourth-order valence-corrected chi connectivity index (χ4v) is 1.93. The summed E-state index contributed by atoms with van der Waals surface area (Å²) >= 11 is 0. The molecule has 1 heterocycles. The van der Waals surface area contributed by atoms with E-state index in [1.807, 2.05) is 0 Å². The summed E-state index contributed by atoms with van der Waals surface area (Å²) in [4.78, 5) is 0. The number of hydrogen-bond donors (Lipinski definition) is 0. The highest BCUT2D eigenvalue weighted by molar-refractivity contribution is 7.43. The number of nitrogens with zero attached hydrogens (tertiary/aromatic N) is 3. The van der Waals surface area contributed by atoms with Crippen molar-refractivity contribution in [3.05, 3.63) is 0 Å². The number of rotatable bonds is 0. The fraction of sp³-hybridized carbons (Fsp3) is 0. The molecule has 0 aliphatic heterocycles. The predicted molar refractivity (Wildman–Crippen MR) is 33.1 cm³/mol. The van der Waals surface area contributed by atoms with Gasteiger partial charge in [-0.1, -0.05) is 0 Å². The highest BCUT2D eigenvalue weighted by atomic mass is 31.1. The maximum absolute atomic E-state index is 3.78. The van der Waals surface area contributed by atoms with Crippen LogP contribution in [0, 0.1) is 0 Å². The highest BCUT2D eigenvalue weighted by Gasteiger charge is 1.64. The summed E-state index contributed by atoms with van der Waals surface area (Å²) in [6, 6.07) is 0. The number of aromatic nitrogens is 3. The summed E-state index contributed by atoms with van der Waals surface area (Å²) in [6.45, 7) is 0. The van der Waals surface area contributed by atoms with Crippen LogP contribution in [-0.4, -0.2) is 24.5 Å². The largest absolute Gasteiger partial charge is 0.166 e. The van der Waals surface area contributed by atoms with E-state index in [9.17, 15) is 0 Å². The Morgan fingerprint density at radius 3 is 1.14 bits per heavy atom. The minimum absolute atomic E-state index is 0. The zero-order valence-electron chi connectivity index (χ0n) is 3.18. The summed E-state index contributed by atoms with van der Waals surface area (Å²) in [5, 5.41) is 0. The zero-order chi connectivity index (χ0) is 4.24. The molecule has 0 aromatic carbocycles. The fourth-order valence-electron chi connectivity index (χ4n) is 0.107. The Balaban J connectivity index is 0.000000360. The van der Waals surface area contributed by atoms with Crippen LogP contribution in [-0.2, 0) is 0 Å². The van der Waals surface area contributed by atoms with E-state index in [-0.39, 0.29) is 11.0 Å². The predicted octanol–water partition coefficient (Wildman–Crippen LogP) is 1.23. The molecule has 0 fully saturated rings. The van der Waals surface area contributed by atoms with Crippen LogP contribution in [0.1, 0.15) is 0 Å². The minimum Gasteiger partial charge on any atom is -0.166 e. The van der Waals surface area contributed by atoms with Gasteiger partial charge in [-0.2, -0.15) is 13.5 Å². The molecular formula is N3P3Si. The second kappa shape index (κ2) is 4.67. The van der Waals surface area contributed by atoms with Crippen LogP contribution >= 0.6 is 25.5 Å². The van der Waals surface area contributed by atoms with Crippen molar-refractivity contribution in [3.8, 4) is 0 Å². The molecule has 0 N–H and O–H groups in total. The maximum Gasteiger partial charge on any atom is 0.166 e. The van der Waals surface area contributed by atoms with Crippen molar-refractivity contribution in [2.24, 2.45) is 0 Å². The lowest BCUT2D eigenvalue weighted by Gasteiger charge is -1.64. The first kappa shape index (κ1) is 7.52. The normalized spacial score (nSPS) is 10.3. The average molecular weight is 163 g/mol. The standard InChI is InChI=1S/N3P3.Si/c1-4-2-6-3-5-1;. The van der Waals surface area contributed by atoms with E-state index in [1.54, 1.807) is 0 Å². The van der Waals surface area contributed by atoms with Gasteiger partial charge in [0.05, 0.1) is 0 Å². The molecule has 3 nitrogen and oxygen atoms in total. The van der Waals surface area contributed by atoms with E-state index in [0.717, 1.165) is 25.5 Å². The van der Waals surface area contributed by atoms with Gasteiger partial charge in [0.2, 0.25) is 0 Å². The van der Waals surface area contributed by atoms with E-state index in [0.29, 0.717) is 0 Å². The highest BCUT2D eigenvalue weighted by Crippen LogP contribution is 2.01. The quantitative estimate of drug-likeness (QED) is 0.540. The van der Waals surface area contributed by atoms with Crippen LogP contribution in [0.3, 0.4) is 0 Å². The Bertz CT molecular complexity index is 82.1. The van der Waals surface area contributed by atoms with Crippen LogP contribution in [0.5, 0.6) is 0 Å². The first-order chi connectivity index (χ1) is 3.00. The van der Waals surface area contributed by atoms with Crippen LogP contribution in [0.15, 0.2) is 0 Å². The van der Waals surface area contributed by atoms with Gasteiger partial charge >= 0.3 is 0 Å². The SMILES string of the molecule is [Si].n1pnpnp1. The molecule has 1 aromatic rings. The van der Waals surface area contributed by atoms with Crippen molar-refractivity contribution >= 4 is 36.5 Å². The molecule has 0 aliphatic rings. The number of hydrogen-bond acceptors (Lipinski definition) is 3. The maximum atomic E-state index is 3.78. The second-order valence-electron chi connectivity index (χ2n) is 0.537. The lowest BCUT2D eigenvalue weighted by molar-refractivity contribution is 1.69. The van der Waals surface area contributed by atoms with Crippen molar-refractivity contribution in [2.75, 3.05) is 0 Å². The van der Waals surface area contributed by atoms with Crippen molar-refractivity contribution in [2.45, 2.75) is 0 Å². The zero-order valence-corrected chi connectivity index (χ0v) is 6.87. The topological polar surface area (TPSA) is 38.7 Å². The van der Waals surface area contributed by atoms with Gasteiger partial charge in [0.1, 0.15) is 0 Å². The Hall–Kier alpha value is 0.517. The molecule has 4 radical (unpaired) electrons. The first-order valence-corrected chi connectivity index (χ1v) is 3.60. The van der Waals surface area contributed by atoms with Gasteiger partial charge in [-0.3, -0.25) is 0 Å². The molecule has 7 heteroatoms. The Morgan fingerprint density at radius 2 is 1.00 bits per heavy atom. The third-order valence-electron chi connectivity index (χ3n) is 0.240. The van der Waals surface area contributed by atoms with Crippen molar-refractivity contribution in [3.63, 3.8) is 0 Å². The molecule has 7 heavy (non-hydrogen) atoms. The summed E-state index contributed by atoms with van der Waals surface area (Å²) in [5.41, 5.74) is 0. The van der Waals surface area contributed by atoms with Crippen LogP contribution < -0.4 is 0 Å². The molecule has 0 aliphatic carbocycles. The van der Waals surface area contributed by atoms with Gasteiger partial charge in [-0.05, 0) is 0 Å². The van der Waals surface area contributed by atoms with Crippen LogP contribution in [0.2, 0.25) is 0 Å². The van der Waals surface area contributed by atoms with Gasteiger partial charge in [0, 0.05) is 11.0 Å². The lowest BCUT2D eigenvalue weighted by atomic mass is 13.9. The van der Waals surface area contributed by atoms with E-state index in [4.69, 9.17) is 0 Å². The molecule has 1 aromatic heterocycles. The van der Waals surface area contributed by atoms with Crippen molar-refractivity contribution < 1.29 is 0 Å². The van der Waals surface area contributed by atoms with Crippen LogP contribution in [0.4, 0.5) is 0 Å². The molecule has 0 unspecified atom stereocenters. The molecule has 34 valence electrons. The monoisotopic (exact) mass is 163 g/mol. The molecule has 0 spiro atoms. The van der Waals surface area contributed by atoms with Gasteiger partial charge in [-0.15, -0.1) is 0 Å². The molecular weight excluding hydrogens is 163 g/mol. The molecule has 0 atom stereocenters. The van der Waals surface area contributed by atoms with Crippen molar-refractivity contribution in [1.82, 2.24) is 13.5 Å². The summed E-state index contributed by atoms with van der Waals surface area (Å²) < 4.78 is 11.3. The third-order valence-corrected chi connectivity index (χ3v) is 2.16. The Morgan fingerprint density at radius 1 is 0.714 bits per heavy atom. The smallest absolute Gasteiger partial charge is 0.166 e. The molecule has 0 amide bonds. The molecule has 1 rings (SSSR count). The van der Waals surface area contributed by atoms with Crippen LogP contribution in [0.25, 0.3) is 0 Å². The van der Waals surface area contributed by atoms with Gasteiger partial charge < -0.3 is 0 Å². The molecule has 0 saturated heterocycles. The Labute approximate surface area is 50.7 Å². The van der Waals surface area contributed by atoms with E-state index in [1.165, 1.54) is 0 Å². The van der Waals surface area contributed by atoms with Gasteiger partial charge in [0.15, 0.2) is 25.5 Å². The summed E-state index contributed by atoms with van der Waals surface area (Å²) in [6.07, 6.45) is 0. The molecule has 0 bridgehead atoms. The minimum atomic E-state index is 0. The Kier molecular flexibility index (Phi) is 5.02. The van der Waals surface area contributed by atoms with Crippen molar-refractivity contribution in [1.29, 1.82) is 0 Å². The third kappa shape index (κ3) is 3.13. The van der Waals surface area contributed by atoms with E-state index in [2.05, 4.69) is 13.5 Å². The summed E-state index contributed by atoms with van der Waals surface area (Å²) in [5.74, 6) is 0. The van der Waals surface area contributed by atoms with E-state index < -0.39 is 0 Å². The molecule has 0 saturated carbocycles. The van der Waals surface area contributed by atoms with E-state index >= 15 is 0 Å². The lowest BCUT2D eigenvalue weighted by Crippen LogP contribution is -1.47. The summed E-state index contributed by atoms with van der Waals surface area (Å²) in [7, 11) is 2.49. The average Bonchev–Trinajstić information content (AvgIpc) is 1.72. The van der Waals surface area contributed by atoms with Gasteiger partial charge in [-0.25, -0.2) is 0 Å². The van der Waals surface area contributed by atoms with Gasteiger partial charge in [0.25, 0.3) is 0 Å². The first-order valence-electron chi connectivity index (χ1n) is 1.20.